The van der Waals surface area contributed by atoms with Gasteiger partial charge in [-0.25, -0.2) is 17.8 Å². The third-order valence-electron chi connectivity index (χ3n) is 5.02. The highest BCUT2D eigenvalue weighted by molar-refractivity contribution is 7.92. The minimum absolute atomic E-state index is 0.103. The summed E-state index contributed by atoms with van der Waals surface area (Å²) in [5.74, 6) is -0.222. The van der Waals surface area contributed by atoms with Gasteiger partial charge in [0, 0.05) is 16.3 Å². The third-order valence-corrected chi connectivity index (χ3v) is 6.66. The van der Waals surface area contributed by atoms with Gasteiger partial charge in [-0.1, -0.05) is 11.6 Å². The van der Waals surface area contributed by atoms with Crippen LogP contribution in [0.2, 0.25) is 5.02 Å². The first kappa shape index (κ1) is 24.8. The Kier molecular flexibility index (Phi) is 6.93. The maximum Gasteiger partial charge on any atom is 0.264 e. The fourth-order valence-corrected chi connectivity index (χ4v) is 4.70. The summed E-state index contributed by atoms with van der Waals surface area (Å²) in [5, 5.41) is 17.4. The van der Waals surface area contributed by atoms with E-state index in [4.69, 9.17) is 16.3 Å². The zero-order valence-corrected chi connectivity index (χ0v) is 20.5. The van der Waals surface area contributed by atoms with Crippen molar-refractivity contribution in [3.8, 4) is 17.3 Å². The minimum Gasteiger partial charge on any atom is -0.477 e. The van der Waals surface area contributed by atoms with Gasteiger partial charge in [0.05, 0.1) is 18.4 Å². The Bertz CT molecular complexity index is 1450. The highest BCUT2D eigenvalue weighted by Crippen LogP contribution is 2.28. The molecule has 0 saturated carbocycles. The first-order chi connectivity index (χ1) is 16.5. The van der Waals surface area contributed by atoms with Crippen LogP contribution in [-0.2, 0) is 10.0 Å². The van der Waals surface area contributed by atoms with Gasteiger partial charge in [-0.3, -0.25) is 9.82 Å². The van der Waals surface area contributed by atoms with E-state index in [1.165, 1.54) is 18.2 Å². The predicted molar refractivity (Wildman–Crippen MR) is 130 cm³/mol. The van der Waals surface area contributed by atoms with Crippen molar-refractivity contribution < 1.29 is 22.7 Å². The molecule has 0 unspecified atom stereocenters. The molecule has 0 aliphatic rings. The molecule has 0 saturated heterocycles. The highest BCUT2D eigenvalue weighted by Gasteiger charge is 2.20. The average Bonchev–Trinajstić information content (AvgIpc) is 3.27. The number of hydrogen-bond acceptors (Lipinski definition) is 7. The van der Waals surface area contributed by atoms with E-state index in [2.05, 4.69) is 24.9 Å². The monoisotopic (exact) mass is 519 g/mol. The van der Waals surface area contributed by atoms with E-state index in [1.54, 1.807) is 32.2 Å². The largest absolute Gasteiger partial charge is 0.477 e. The van der Waals surface area contributed by atoms with Crippen LogP contribution in [0, 0.1) is 5.82 Å². The van der Waals surface area contributed by atoms with Crippen molar-refractivity contribution in [1.82, 2.24) is 20.2 Å². The molecule has 184 valence electrons. The van der Waals surface area contributed by atoms with Crippen molar-refractivity contribution >= 4 is 38.3 Å². The van der Waals surface area contributed by atoms with E-state index >= 15 is 0 Å². The molecule has 0 amide bonds. The molecule has 3 N–H and O–H groups in total. The highest BCUT2D eigenvalue weighted by atomic mass is 35.5. The van der Waals surface area contributed by atoms with E-state index < -0.39 is 26.3 Å². The van der Waals surface area contributed by atoms with Crippen LogP contribution in [0.1, 0.15) is 26.7 Å². The lowest BCUT2D eigenvalue weighted by atomic mass is 10.0. The van der Waals surface area contributed by atoms with Crippen LogP contribution in [0.15, 0.2) is 53.6 Å². The maximum atomic E-state index is 14.0. The number of benzene rings is 2. The number of hydrogen-bond donors (Lipinski definition) is 3. The summed E-state index contributed by atoms with van der Waals surface area (Å²) < 4.78 is 47.4. The SMILES string of the molecule is CC(C)(O)CCCOc1nc(-c2ccc(NS(=O)(=O)c3cc(Cl)ccc3F)cc2)nc2[nH]ncc12. The van der Waals surface area contributed by atoms with Gasteiger partial charge in [0.2, 0.25) is 5.88 Å². The lowest BCUT2D eigenvalue weighted by molar-refractivity contribution is 0.0640. The number of ether oxygens (including phenoxy) is 1. The molecule has 4 rings (SSSR count). The second kappa shape index (κ2) is 9.76. The van der Waals surface area contributed by atoms with Gasteiger partial charge >= 0.3 is 0 Å². The van der Waals surface area contributed by atoms with Crippen LogP contribution < -0.4 is 9.46 Å². The molecule has 35 heavy (non-hydrogen) atoms. The van der Waals surface area contributed by atoms with Crippen LogP contribution in [0.3, 0.4) is 0 Å². The number of fused-ring (bicyclic) bond motifs is 1. The predicted octanol–water partition coefficient (Wildman–Crippen LogP) is 4.54. The van der Waals surface area contributed by atoms with Gasteiger partial charge in [-0.2, -0.15) is 10.1 Å². The normalized spacial score (nSPS) is 12.1. The summed E-state index contributed by atoms with van der Waals surface area (Å²) in [6.07, 6.45) is 2.76. The Morgan fingerprint density at radius 2 is 1.91 bits per heavy atom. The topological polar surface area (TPSA) is 130 Å². The standard InChI is InChI=1S/C23H23ClFN5O4S/c1-23(2,31)10-3-11-34-22-17-13-26-29-21(17)27-20(28-22)14-4-7-16(8-5-14)30-35(32,33)19-12-15(24)6-9-18(19)25/h4-9,12-13,30-31H,3,10-11H2,1-2H3,(H,26,27,28,29). The molecular formula is C23H23ClFN5O4S. The molecule has 0 aliphatic heterocycles. The molecule has 0 spiro atoms. The van der Waals surface area contributed by atoms with Crippen LogP contribution >= 0.6 is 11.6 Å². The Labute approximate surface area is 206 Å². The molecule has 0 bridgehead atoms. The summed E-state index contributed by atoms with van der Waals surface area (Å²) in [6, 6.07) is 9.59. The fourth-order valence-electron chi connectivity index (χ4n) is 3.30. The van der Waals surface area contributed by atoms with Gasteiger partial charge in [0.1, 0.15) is 16.1 Å². The lowest BCUT2D eigenvalue weighted by Crippen LogP contribution is -2.19. The molecular weight excluding hydrogens is 497 g/mol. The number of anilines is 1. The lowest BCUT2D eigenvalue weighted by Gasteiger charge is -2.16. The van der Waals surface area contributed by atoms with Crippen LogP contribution in [0.25, 0.3) is 22.4 Å². The zero-order valence-electron chi connectivity index (χ0n) is 18.9. The number of H-pyrrole nitrogens is 1. The molecule has 0 radical (unpaired) electrons. The number of sulfonamides is 1. The van der Waals surface area contributed by atoms with Crippen molar-refractivity contribution in [2.24, 2.45) is 0 Å². The first-order valence-electron chi connectivity index (χ1n) is 10.7. The quantitative estimate of drug-likeness (QED) is 0.277. The number of aromatic nitrogens is 4. The third kappa shape index (κ3) is 6.05. The summed E-state index contributed by atoms with van der Waals surface area (Å²) in [7, 11) is -4.19. The molecule has 0 atom stereocenters. The molecule has 0 fully saturated rings. The number of nitrogens with zero attached hydrogens (tertiary/aromatic N) is 3. The minimum atomic E-state index is -4.19. The molecule has 0 aliphatic carbocycles. The zero-order chi connectivity index (χ0) is 25.2. The van der Waals surface area contributed by atoms with Crippen molar-refractivity contribution in [2.45, 2.75) is 37.2 Å². The van der Waals surface area contributed by atoms with Crippen molar-refractivity contribution in [3.05, 3.63) is 59.5 Å². The summed E-state index contributed by atoms with van der Waals surface area (Å²) in [5.41, 5.74) is 0.514. The molecule has 2 aromatic heterocycles. The van der Waals surface area contributed by atoms with Gasteiger partial charge in [0.25, 0.3) is 10.0 Å². The van der Waals surface area contributed by atoms with Crippen molar-refractivity contribution in [3.63, 3.8) is 0 Å². The molecule has 4 aromatic rings. The Morgan fingerprint density at radius 3 is 2.63 bits per heavy atom. The maximum absolute atomic E-state index is 14.0. The first-order valence-corrected chi connectivity index (χ1v) is 12.5. The van der Waals surface area contributed by atoms with Crippen LogP contribution in [0.4, 0.5) is 10.1 Å². The average molecular weight is 520 g/mol. The van der Waals surface area contributed by atoms with Gasteiger partial charge in [-0.15, -0.1) is 0 Å². The second-order valence-corrected chi connectivity index (χ2v) is 10.6. The Hall–Kier alpha value is -3.28. The number of halogens is 2. The number of aliphatic hydroxyl groups is 1. The second-order valence-electron chi connectivity index (χ2n) is 8.51. The van der Waals surface area contributed by atoms with Crippen LogP contribution in [-0.4, -0.2) is 45.9 Å². The summed E-state index contributed by atoms with van der Waals surface area (Å²) >= 11 is 5.82. The Balaban J connectivity index is 1.54. The number of rotatable bonds is 9. The van der Waals surface area contributed by atoms with E-state index in [-0.39, 0.29) is 10.7 Å². The summed E-state index contributed by atoms with van der Waals surface area (Å²) in [6.45, 7) is 3.82. The molecule has 9 nitrogen and oxygen atoms in total. The van der Waals surface area contributed by atoms with E-state index in [0.717, 1.165) is 12.1 Å². The van der Waals surface area contributed by atoms with Gasteiger partial charge in [-0.05, 0) is 69.2 Å². The van der Waals surface area contributed by atoms with E-state index in [9.17, 15) is 17.9 Å². The van der Waals surface area contributed by atoms with Crippen LogP contribution in [0.5, 0.6) is 5.88 Å². The van der Waals surface area contributed by atoms with Crippen molar-refractivity contribution in [1.29, 1.82) is 0 Å². The van der Waals surface area contributed by atoms with Crippen molar-refractivity contribution in [2.75, 3.05) is 11.3 Å². The van der Waals surface area contributed by atoms with E-state index in [1.807, 2.05) is 0 Å². The van der Waals surface area contributed by atoms with Gasteiger partial charge in [0.15, 0.2) is 11.5 Å². The number of aromatic amines is 1. The molecule has 2 aromatic carbocycles. The number of nitrogens with one attached hydrogen (secondary N) is 2. The van der Waals surface area contributed by atoms with Gasteiger partial charge < -0.3 is 9.84 Å². The molecule has 2 heterocycles. The smallest absolute Gasteiger partial charge is 0.264 e. The summed E-state index contributed by atoms with van der Waals surface area (Å²) in [4.78, 5) is 8.40. The Morgan fingerprint density at radius 1 is 1.17 bits per heavy atom. The fraction of sp³-hybridized carbons (Fsp3) is 0.261. The van der Waals surface area contributed by atoms with E-state index in [0.29, 0.717) is 47.7 Å². The molecule has 12 heteroatoms.